The van der Waals surface area contributed by atoms with E-state index >= 15 is 0 Å². The maximum Gasteiger partial charge on any atom is 0.258 e. The summed E-state index contributed by atoms with van der Waals surface area (Å²) in [5.41, 5.74) is 0.669. The van der Waals surface area contributed by atoms with E-state index in [1.807, 2.05) is 0 Å². The van der Waals surface area contributed by atoms with Crippen molar-refractivity contribution in [3.63, 3.8) is 0 Å². The average molecular weight is 296 g/mol. The van der Waals surface area contributed by atoms with Gasteiger partial charge in [0.1, 0.15) is 12.1 Å². The van der Waals surface area contributed by atoms with Gasteiger partial charge in [0.05, 0.1) is 11.3 Å². The number of rotatable bonds is 2. The van der Waals surface area contributed by atoms with E-state index < -0.39 is 11.7 Å². The summed E-state index contributed by atoms with van der Waals surface area (Å²) in [6, 6.07) is 4.05. The fourth-order valence-electron chi connectivity index (χ4n) is 1.20. The molecule has 6 heteroatoms. The first kappa shape index (κ1) is 11.7. The molecule has 0 bridgehead atoms. The molecule has 1 heterocycles. The number of hydrogen-bond acceptors (Lipinski definition) is 3. The standard InChI is InChI=1S/C11H7BrFN3O/c12-9-2-1-8(13)3-10(9)16-11(17)7-4-14-6-15-5-7/h1-6H,(H,16,17). The van der Waals surface area contributed by atoms with E-state index in [1.54, 1.807) is 0 Å². The Morgan fingerprint density at radius 2 is 2.00 bits per heavy atom. The van der Waals surface area contributed by atoms with Gasteiger partial charge < -0.3 is 5.32 Å². The molecule has 4 nitrogen and oxygen atoms in total. The molecule has 1 aromatic heterocycles. The van der Waals surface area contributed by atoms with E-state index in [0.29, 0.717) is 15.7 Å². The molecule has 0 aliphatic heterocycles. The number of halogens is 2. The van der Waals surface area contributed by atoms with Crippen molar-refractivity contribution in [3.05, 3.63) is 52.8 Å². The van der Waals surface area contributed by atoms with E-state index in [9.17, 15) is 9.18 Å². The molecule has 0 aliphatic carbocycles. The van der Waals surface area contributed by atoms with Crippen LogP contribution in [-0.2, 0) is 0 Å². The third-order valence-corrected chi connectivity index (χ3v) is 2.69. The summed E-state index contributed by atoms with van der Waals surface area (Å²) in [6.45, 7) is 0. The largest absolute Gasteiger partial charge is 0.321 e. The van der Waals surface area contributed by atoms with Gasteiger partial charge in [0, 0.05) is 16.9 Å². The van der Waals surface area contributed by atoms with Crippen molar-refractivity contribution in [3.8, 4) is 0 Å². The molecule has 1 amide bonds. The Bertz CT molecular complexity index is 548. The quantitative estimate of drug-likeness (QED) is 0.927. The summed E-state index contributed by atoms with van der Waals surface area (Å²) in [5.74, 6) is -0.815. The molecule has 0 saturated heterocycles. The summed E-state index contributed by atoms with van der Waals surface area (Å²) >= 11 is 3.22. The molecule has 0 saturated carbocycles. The zero-order valence-corrected chi connectivity index (χ0v) is 10.1. The number of anilines is 1. The van der Waals surface area contributed by atoms with Crippen LogP contribution in [0.3, 0.4) is 0 Å². The topological polar surface area (TPSA) is 54.9 Å². The van der Waals surface area contributed by atoms with Gasteiger partial charge in [0.25, 0.3) is 5.91 Å². The van der Waals surface area contributed by atoms with Crippen molar-refractivity contribution in [2.24, 2.45) is 0 Å². The molecule has 1 aromatic carbocycles. The number of carbonyl (C=O) groups excluding carboxylic acids is 1. The van der Waals surface area contributed by atoms with Crippen LogP contribution in [0.5, 0.6) is 0 Å². The Balaban J connectivity index is 2.22. The monoisotopic (exact) mass is 295 g/mol. The first-order valence-corrected chi connectivity index (χ1v) is 5.47. The summed E-state index contributed by atoms with van der Waals surface area (Å²) < 4.78 is 13.6. The number of amides is 1. The number of carbonyl (C=O) groups is 1. The van der Waals surface area contributed by atoms with Crippen LogP contribution in [0.25, 0.3) is 0 Å². The zero-order valence-electron chi connectivity index (χ0n) is 8.52. The van der Waals surface area contributed by atoms with E-state index in [0.717, 1.165) is 0 Å². The number of hydrogen-bond donors (Lipinski definition) is 1. The van der Waals surface area contributed by atoms with Gasteiger partial charge in [0.2, 0.25) is 0 Å². The zero-order chi connectivity index (χ0) is 12.3. The summed E-state index contributed by atoms with van der Waals surface area (Å²) in [4.78, 5) is 19.2. The lowest BCUT2D eigenvalue weighted by Crippen LogP contribution is -2.13. The van der Waals surface area contributed by atoms with Crippen molar-refractivity contribution >= 4 is 27.5 Å². The Morgan fingerprint density at radius 3 is 2.71 bits per heavy atom. The molecular formula is C11H7BrFN3O. The first-order valence-electron chi connectivity index (χ1n) is 4.68. The Kier molecular flexibility index (Phi) is 3.43. The molecule has 0 atom stereocenters. The smallest absolute Gasteiger partial charge is 0.258 e. The third kappa shape index (κ3) is 2.85. The summed E-state index contributed by atoms with van der Waals surface area (Å²) in [7, 11) is 0. The SMILES string of the molecule is O=C(Nc1cc(F)ccc1Br)c1cncnc1. The minimum atomic E-state index is -0.423. The highest BCUT2D eigenvalue weighted by molar-refractivity contribution is 9.10. The predicted molar refractivity (Wildman–Crippen MR) is 64.1 cm³/mol. The molecule has 86 valence electrons. The van der Waals surface area contributed by atoms with Gasteiger partial charge >= 0.3 is 0 Å². The van der Waals surface area contributed by atoms with Crippen LogP contribution >= 0.6 is 15.9 Å². The maximum absolute atomic E-state index is 13.0. The maximum atomic E-state index is 13.0. The van der Waals surface area contributed by atoms with Gasteiger partial charge in [-0.1, -0.05) is 0 Å². The van der Waals surface area contributed by atoms with Crippen LogP contribution < -0.4 is 5.32 Å². The van der Waals surface area contributed by atoms with Crippen LogP contribution in [0.15, 0.2) is 41.4 Å². The molecule has 0 spiro atoms. The molecule has 1 N–H and O–H groups in total. The van der Waals surface area contributed by atoms with Crippen molar-refractivity contribution in [2.75, 3.05) is 5.32 Å². The van der Waals surface area contributed by atoms with Gasteiger partial charge in [-0.3, -0.25) is 4.79 Å². The lowest BCUT2D eigenvalue weighted by Gasteiger charge is -2.06. The number of nitrogens with one attached hydrogen (secondary N) is 1. The summed E-state index contributed by atoms with van der Waals surface area (Å²) in [6.07, 6.45) is 4.10. The first-order chi connectivity index (χ1) is 8.16. The number of aromatic nitrogens is 2. The second-order valence-electron chi connectivity index (χ2n) is 3.21. The van der Waals surface area contributed by atoms with E-state index in [4.69, 9.17) is 0 Å². The minimum absolute atomic E-state index is 0.309. The highest BCUT2D eigenvalue weighted by Gasteiger charge is 2.09. The van der Waals surface area contributed by atoms with Gasteiger partial charge in [-0.15, -0.1) is 0 Å². The molecule has 0 radical (unpaired) electrons. The van der Waals surface area contributed by atoms with Crippen LogP contribution in [-0.4, -0.2) is 15.9 Å². The minimum Gasteiger partial charge on any atom is -0.321 e. The van der Waals surface area contributed by atoms with Crippen LogP contribution in [0.4, 0.5) is 10.1 Å². The van der Waals surface area contributed by atoms with E-state index in [2.05, 4.69) is 31.2 Å². The van der Waals surface area contributed by atoms with Crippen LogP contribution in [0, 0.1) is 5.82 Å². The lowest BCUT2D eigenvalue weighted by molar-refractivity contribution is 0.102. The second-order valence-corrected chi connectivity index (χ2v) is 4.06. The van der Waals surface area contributed by atoms with Crippen LogP contribution in [0.1, 0.15) is 10.4 Å². The molecule has 2 aromatic rings. The number of benzene rings is 1. The fourth-order valence-corrected chi connectivity index (χ4v) is 1.55. The van der Waals surface area contributed by atoms with Gasteiger partial charge in [-0.05, 0) is 34.1 Å². The molecule has 17 heavy (non-hydrogen) atoms. The van der Waals surface area contributed by atoms with E-state index in [-0.39, 0.29) is 0 Å². The van der Waals surface area contributed by atoms with E-state index in [1.165, 1.54) is 36.9 Å². The highest BCUT2D eigenvalue weighted by atomic mass is 79.9. The molecule has 2 rings (SSSR count). The Labute approximate surface area is 105 Å². The van der Waals surface area contributed by atoms with Crippen LogP contribution in [0.2, 0.25) is 0 Å². The van der Waals surface area contributed by atoms with Crippen molar-refractivity contribution in [1.29, 1.82) is 0 Å². The average Bonchev–Trinajstić information content (AvgIpc) is 2.35. The van der Waals surface area contributed by atoms with Crippen molar-refractivity contribution in [1.82, 2.24) is 9.97 Å². The van der Waals surface area contributed by atoms with Crippen molar-refractivity contribution in [2.45, 2.75) is 0 Å². The highest BCUT2D eigenvalue weighted by Crippen LogP contribution is 2.23. The fraction of sp³-hybridized carbons (Fsp3) is 0. The Hall–Kier alpha value is -1.82. The molecule has 0 aliphatic rings. The molecule has 0 fully saturated rings. The second kappa shape index (κ2) is 5.01. The van der Waals surface area contributed by atoms with Gasteiger partial charge in [-0.25, -0.2) is 14.4 Å². The Morgan fingerprint density at radius 1 is 1.29 bits per heavy atom. The predicted octanol–water partition coefficient (Wildman–Crippen LogP) is 2.63. The van der Waals surface area contributed by atoms with Crippen molar-refractivity contribution < 1.29 is 9.18 Å². The van der Waals surface area contributed by atoms with Gasteiger partial charge in [-0.2, -0.15) is 0 Å². The third-order valence-electron chi connectivity index (χ3n) is 2.00. The van der Waals surface area contributed by atoms with Gasteiger partial charge in [0.15, 0.2) is 0 Å². The summed E-state index contributed by atoms with van der Waals surface area (Å²) in [5, 5.41) is 2.56. The normalized spacial score (nSPS) is 10.0. The molecule has 0 unspecified atom stereocenters. The lowest BCUT2D eigenvalue weighted by atomic mass is 10.2. The number of nitrogens with zero attached hydrogens (tertiary/aromatic N) is 2. The molecular weight excluding hydrogens is 289 g/mol.